The van der Waals surface area contributed by atoms with Gasteiger partial charge >= 0.3 is 5.97 Å². The van der Waals surface area contributed by atoms with Crippen LogP contribution in [0.4, 0.5) is 0 Å². The van der Waals surface area contributed by atoms with E-state index in [1.165, 1.54) is 0 Å². The van der Waals surface area contributed by atoms with Crippen molar-refractivity contribution in [1.29, 1.82) is 5.26 Å². The van der Waals surface area contributed by atoms with Gasteiger partial charge in [0.1, 0.15) is 12.1 Å². The summed E-state index contributed by atoms with van der Waals surface area (Å²) in [7, 11) is 0. The van der Waals surface area contributed by atoms with Crippen LogP contribution in [0.2, 0.25) is 0 Å². The molecule has 2 atom stereocenters. The zero-order chi connectivity index (χ0) is 10.4. The van der Waals surface area contributed by atoms with Crippen molar-refractivity contribution in [3.05, 3.63) is 0 Å². The van der Waals surface area contributed by atoms with E-state index in [-0.39, 0.29) is 37.1 Å². The molecule has 0 aliphatic carbocycles. The van der Waals surface area contributed by atoms with Gasteiger partial charge in [-0.3, -0.25) is 4.79 Å². The van der Waals surface area contributed by atoms with Gasteiger partial charge in [-0.25, -0.2) is 0 Å². The first-order valence-corrected chi connectivity index (χ1v) is 4.66. The molecular formula is C9H15ClN2O3. The molecule has 86 valence electrons. The first-order chi connectivity index (χ1) is 6.77. The number of nitrogens with one attached hydrogen (secondary N) is 1. The van der Waals surface area contributed by atoms with E-state index in [1.807, 2.05) is 6.92 Å². The number of hydrogen-bond donors (Lipinski definition) is 1. The summed E-state index contributed by atoms with van der Waals surface area (Å²) in [6.07, 6.45) is 0.706. The molecule has 5 nitrogen and oxygen atoms in total. The van der Waals surface area contributed by atoms with E-state index >= 15 is 0 Å². The zero-order valence-electron chi connectivity index (χ0n) is 8.56. The normalized spacial score (nSPS) is 24.0. The van der Waals surface area contributed by atoms with Crippen LogP contribution in [0, 0.1) is 11.3 Å². The Kier molecular flexibility index (Phi) is 7.05. The largest absolute Gasteiger partial charge is 0.449 e. The summed E-state index contributed by atoms with van der Waals surface area (Å²) in [5.74, 6) is -0.367. The number of rotatable bonds is 4. The molecular weight excluding hydrogens is 220 g/mol. The second-order valence-electron chi connectivity index (χ2n) is 3.04. The molecule has 0 amide bonds. The smallest absolute Gasteiger partial charge is 0.324 e. The highest BCUT2D eigenvalue weighted by Gasteiger charge is 2.30. The van der Waals surface area contributed by atoms with Crippen molar-refractivity contribution in [2.75, 3.05) is 19.8 Å². The minimum absolute atomic E-state index is 0. The highest BCUT2D eigenvalue weighted by atomic mass is 35.5. The molecule has 1 aliphatic rings. The van der Waals surface area contributed by atoms with Crippen molar-refractivity contribution in [2.45, 2.75) is 25.5 Å². The second kappa shape index (κ2) is 7.46. The van der Waals surface area contributed by atoms with Crippen LogP contribution >= 0.6 is 12.4 Å². The third-order valence-electron chi connectivity index (χ3n) is 2.06. The van der Waals surface area contributed by atoms with Crippen LogP contribution in [0.5, 0.6) is 0 Å². The molecule has 1 saturated heterocycles. The van der Waals surface area contributed by atoms with E-state index in [1.54, 1.807) is 6.07 Å². The second-order valence-corrected chi connectivity index (χ2v) is 3.04. The summed E-state index contributed by atoms with van der Waals surface area (Å²) >= 11 is 0. The molecule has 15 heavy (non-hydrogen) atoms. The highest BCUT2D eigenvalue weighted by molar-refractivity contribution is 5.85. The Morgan fingerprint density at radius 1 is 1.67 bits per heavy atom. The Morgan fingerprint density at radius 2 is 2.40 bits per heavy atom. The Balaban J connectivity index is 0.00000196. The van der Waals surface area contributed by atoms with Crippen molar-refractivity contribution >= 4 is 18.4 Å². The third-order valence-corrected chi connectivity index (χ3v) is 2.06. The molecule has 1 N–H and O–H groups in total. The Labute approximate surface area is 95.1 Å². The van der Waals surface area contributed by atoms with Crippen LogP contribution in [0.15, 0.2) is 0 Å². The van der Waals surface area contributed by atoms with E-state index in [0.29, 0.717) is 19.6 Å². The molecule has 1 aliphatic heterocycles. The first-order valence-electron chi connectivity index (χ1n) is 4.66. The lowest BCUT2D eigenvalue weighted by Crippen LogP contribution is -2.32. The lowest BCUT2D eigenvalue weighted by molar-refractivity contribution is -0.144. The number of nitriles is 1. The number of halogens is 1. The molecule has 0 spiro atoms. The van der Waals surface area contributed by atoms with Crippen molar-refractivity contribution < 1.29 is 14.3 Å². The van der Waals surface area contributed by atoms with Gasteiger partial charge in [0, 0.05) is 19.6 Å². The molecule has 0 aromatic heterocycles. The Bertz CT molecular complexity index is 242. The monoisotopic (exact) mass is 234 g/mol. The van der Waals surface area contributed by atoms with Gasteiger partial charge in [0.15, 0.2) is 6.61 Å². The van der Waals surface area contributed by atoms with Crippen LogP contribution in [0.1, 0.15) is 13.3 Å². The standard InChI is InChI=1S/C9H14N2O3.ClH/c1-2-13-7-5-8(11-6-7)9(12)14-4-3-10;/h7-8,11H,2,4-6H2,1H3;1H. The van der Waals surface area contributed by atoms with Gasteiger partial charge in [-0.1, -0.05) is 0 Å². The number of nitrogens with zero attached hydrogens (tertiary/aromatic N) is 1. The van der Waals surface area contributed by atoms with E-state index < -0.39 is 0 Å². The van der Waals surface area contributed by atoms with Gasteiger partial charge in [0.05, 0.1) is 6.10 Å². The van der Waals surface area contributed by atoms with Crippen molar-refractivity contribution in [1.82, 2.24) is 5.32 Å². The molecule has 0 aromatic carbocycles. The topological polar surface area (TPSA) is 71.3 Å². The van der Waals surface area contributed by atoms with Gasteiger partial charge in [-0.05, 0) is 6.92 Å². The molecule has 1 heterocycles. The van der Waals surface area contributed by atoms with Gasteiger partial charge < -0.3 is 14.8 Å². The maximum Gasteiger partial charge on any atom is 0.324 e. The van der Waals surface area contributed by atoms with Crippen molar-refractivity contribution in [2.24, 2.45) is 0 Å². The summed E-state index contributed by atoms with van der Waals surface area (Å²) in [5, 5.41) is 11.2. The minimum atomic E-state index is -0.367. The van der Waals surface area contributed by atoms with E-state index in [4.69, 9.17) is 10.00 Å². The van der Waals surface area contributed by atoms with Crippen LogP contribution < -0.4 is 5.32 Å². The molecule has 0 bridgehead atoms. The molecule has 0 radical (unpaired) electrons. The van der Waals surface area contributed by atoms with Crippen LogP contribution in [-0.4, -0.2) is 37.9 Å². The van der Waals surface area contributed by atoms with E-state index in [2.05, 4.69) is 10.1 Å². The number of carbonyl (C=O) groups is 1. The number of carbonyl (C=O) groups excluding carboxylic acids is 1. The molecule has 1 fully saturated rings. The van der Waals surface area contributed by atoms with Crippen LogP contribution in [0.25, 0.3) is 0 Å². The average Bonchev–Trinajstić information content (AvgIpc) is 2.63. The van der Waals surface area contributed by atoms with E-state index in [9.17, 15) is 4.79 Å². The Hall–Kier alpha value is -0.830. The molecule has 6 heteroatoms. The van der Waals surface area contributed by atoms with Crippen molar-refractivity contribution in [3.8, 4) is 6.07 Å². The quantitative estimate of drug-likeness (QED) is 0.706. The van der Waals surface area contributed by atoms with Gasteiger partial charge in [0.25, 0.3) is 0 Å². The number of esters is 1. The summed E-state index contributed by atoms with van der Waals surface area (Å²) in [5.41, 5.74) is 0. The number of hydrogen-bond acceptors (Lipinski definition) is 5. The zero-order valence-corrected chi connectivity index (χ0v) is 9.38. The lowest BCUT2D eigenvalue weighted by atomic mass is 10.2. The highest BCUT2D eigenvalue weighted by Crippen LogP contribution is 2.11. The summed E-state index contributed by atoms with van der Waals surface area (Å²) in [6, 6.07) is 1.44. The SMILES string of the molecule is CCOC1CNC(C(=O)OCC#N)C1.Cl. The predicted molar refractivity (Wildman–Crippen MR) is 55.6 cm³/mol. The number of ether oxygens (including phenoxy) is 2. The summed E-state index contributed by atoms with van der Waals surface area (Å²) < 4.78 is 10.0. The van der Waals surface area contributed by atoms with Crippen molar-refractivity contribution in [3.63, 3.8) is 0 Å². The molecule has 2 unspecified atom stereocenters. The fourth-order valence-corrected chi connectivity index (χ4v) is 1.45. The first kappa shape index (κ1) is 14.2. The fraction of sp³-hybridized carbons (Fsp3) is 0.778. The van der Waals surface area contributed by atoms with Gasteiger partial charge in [-0.2, -0.15) is 5.26 Å². The average molecular weight is 235 g/mol. The van der Waals surface area contributed by atoms with Gasteiger partial charge in [-0.15, -0.1) is 12.4 Å². The van der Waals surface area contributed by atoms with Gasteiger partial charge in [0.2, 0.25) is 0 Å². The summed E-state index contributed by atoms with van der Waals surface area (Å²) in [6.45, 7) is 3.05. The molecule has 0 saturated carbocycles. The molecule has 0 aromatic rings. The minimum Gasteiger partial charge on any atom is -0.449 e. The summed E-state index contributed by atoms with van der Waals surface area (Å²) in [4.78, 5) is 11.3. The van der Waals surface area contributed by atoms with Crippen LogP contribution in [0.3, 0.4) is 0 Å². The predicted octanol–water partition coefficient (Wildman–Crippen LogP) is 0.242. The van der Waals surface area contributed by atoms with Crippen LogP contribution in [-0.2, 0) is 14.3 Å². The molecule has 1 rings (SSSR count). The van der Waals surface area contributed by atoms with E-state index in [0.717, 1.165) is 0 Å². The maximum atomic E-state index is 11.3. The maximum absolute atomic E-state index is 11.3. The Morgan fingerprint density at radius 3 is 3.00 bits per heavy atom. The fourth-order valence-electron chi connectivity index (χ4n) is 1.45. The third kappa shape index (κ3) is 4.47. The lowest BCUT2D eigenvalue weighted by Gasteiger charge is -2.08.